The van der Waals surface area contributed by atoms with Gasteiger partial charge in [-0.05, 0) is 37.1 Å². The topological polar surface area (TPSA) is 83.1 Å². The van der Waals surface area contributed by atoms with Crippen molar-refractivity contribution in [3.63, 3.8) is 0 Å². The van der Waals surface area contributed by atoms with Crippen LogP contribution in [0.1, 0.15) is 18.9 Å². The van der Waals surface area contributed by atoms with Gasteiger partial charge in [0, 0.05) is 12.5 Å². The molecule has 0 heterocycles. The molecule has 0 bridgehead atoms. The molecule has 1 amide bonds. The number of carbonyl (C=O) groups excluding carboxylic acids is 2. The Morgan fingerprint density at radius 2 is 1.79 bits per heavy atom. The molecule has 0 saturated carbocycles. The van der Waals surface area contributed by atoms with Gasteiger partial charge in [-0.15, -0.1) is 0 Å². The summed E-state index contributed by atoms with van der Waals surface area (Å²) in [6.45, 7) is 2.08. The lowest BCUT2D eigenvalue weighted by Crippen LogP contribution is -2.21. The van der Waals surface area contributed by atoms with E-state index >= 15 is 0 Å². The van der Waals surface area contributed by atoms with Crippen molar-refractivity contribution < 1.29 is 28.5 Å². The zero-order chi connectivity index (χ0) is 20.4. The molecule has 0 aliphatic heterocycles. The Kier molecular flexibility index (Phi) is 8.14. The summed E-state index contributed by atoms with van der Waals surface area (Å²) in [5, 5.41) is 2.65. The lowest BCUT2D eigenvalue weighted by Gasteiger charge is -2.12. The van der Waals surface area contributed by atoms with Gasteiger partial charge in [0.05, 0.1) is 26.5 Å². The van der Waals surface area contributed by atoms with E-state index in [0.29, 0.717) is 30.2 Å². The van der Waals surface area contributed by atoms with Crippen molar-refractivity contribution in [2.45, 2.75) is 19.8 Å². The second kappa shape index (κ2) is 10.8. The summed E-state index contributed by atoms with van der Waals surface area (Å²) in [5.74, 6) is 0.900. The molecular weight excluding hydrogens is 362 g/mol. The molecule has 0 aliphatic rings. The van der Waals surface area contributed by atoms with E-state index in [4.69, 9.17) is 18.9 Å². The van der Waals surface area contributed by atoms with Crippen molar-refractivity contribution in [2.75, 3.05) is 32.8 Å². The average molecular weight is 387 g/mol. The van der Waals surface area contributed by atoms with Crippen molar-refractivity contribution in [1.82, 2.24) is 0 Å². The smallest absolute Gasteiger partial charge is 0.306 e. The Balaban J connectivity index is 1.82. The first-order chi connectivity index (χ1) is 13.6. The van der Waals surface area contributed by atoms with Crippen molar-refractivity contribution in [3.8, 4) is 17.2 Å². The predicted molar refractivity (Wildman–Crippen MR) is 105 cm³/mol. The second-order valence-corrected chi connectivity index (χ2v) is 5.82. The number of hydrogen-bond acceptors (Lipinski definition) is 6. The van der Waals surface area contributed by atoms with Crippen LogP contribution in [0.25, 0.3) is 0 Å². The van der Waals surface area contributed by atoms with Crippen LogP contribution in [-0.2, 0) is 20.7 Å². The van der Waals surface area contributed by atoms with E-state index in [1.165, 1.54) is 7.11 Å². The predicted octanol–water partition coefficient (Wildman–Crippen LogP) is 3.22. The highest BCUT2D eigenvalue weighted by atomic mass is 16.5. The first-order valence-corrected chi connectivity index (χ1v) is 8.95. The molecule has 7 heteroatoms. The maximum absolute atomic E-state index is 12.1. The number of carbonyl (C=O) groups is 2. The quantitative estimate of drug-likeness (QED) is 0.631. The van der Waals surface area contributed by atoms with Gasteiger partial charge in [0.25, 0.3) is 5.91 Å². The van der Waals surface area contributed by atoms with E-state index in [0.717, 1.165) is 11.3 Å². The number of esters is 1. The van der Waals surface area contributed by atoms with Gasteiger partial charge in [0.1, 0.15) is 17.2 Å². The van der Waals surface area contributed by atoms with E-state index in [2.05, 4.69) is 5.32 Å². The van der Waals surface area contributed by atoms with E-state index in [-0.39, 0.29) is 13.0 Å². The fourth-order valence-corrected chi connectivity index (χ4v) is 2.55. The molecule has 0 radical (unpaired) electrons. The van der Waals surface area contributed by atoms with Crippen molar-refractivity contribution in [2.24, 2.45) is 0 Å². The highest BCUT2D eigenvalue weighted by molar-refractivity contribution is 5.94. The first kappa shape index (κ1) is 21.1. The average Bonchev–Trinajstić information content (AvgIpc) is 2.72. The number of anilines is 1. The number of aryl methyl sites for hydroxylation is 1. The van der Waals surface area contributed by atoms with Crippen LogP contribution in [0.15, 0.2) is 42.5 Å². The van der Waals surface area contributed by atoms with E-state index < -0.39 is 11.9 Å². The number of ether oxygens (including phenoxy) is 4. The summed E-state index contributed by atoms with van der Waals surface area (Å²) in [5.41, 5.74) is 1.39. The molecule has 2 aromatic rings. The number of nitrogens with one attached hydrogen (secondary N) is 1. The Bertz CT molecular complexity index is 805. The van der Waals surface area contributed by atoms with Crippen molar-refractivity contribution in [3.05, 3.63) is 48.0 Å². The molecule has 0 fully saturated rings. The molecule has 2 aromatic carbocycles. The lowest BCUT2D eigenvalue weighted by atomic mass is 10.1. The Hall–Kier alpha value is -3.22. The minimum atomic E-state index is -0.455. The van der Waals surface area contributed by atoms with Crippen molar-refractivity contribution >= 4 is 17.6 Å². The molecule has 0 aromatic heterocycles. The third kappa shape index (κ3) is 6.19. The number of rotatable bonds is 10. The zero-order valence-electron chi connectivity index (χ0n) is 16.3. The van der Waals surface area contributed by atoms with Crippen LogP contribution in [0.5, 0.6) is 17.2 Å². The molecule has 0 spiro atoms. The Morgan fingerprint density at radius 1 is 1.00 bits per heavy atom. The van der Waals surface area contributed by atoms with E-state index in [9.17, 15) is 9.59 Å². The third-order valence-electron chi connectivity index (χ3n) is 3.92. The molecule has 2 rings (SSSR count). The molecule has 7 nitrogen and oxygen atoms in total. The third-order valence-corrected chi connectivity index (χ3v) is 3.92. The molecule has 1 N–H and O–H groups in total. The normalized spacial score (nSPS) is 10.1. The zero-order valence-corrected chi connectivity index (χ0v) is 16.3. The Morgan fingerprint density at radius 3 is 2.50 bits per heavy atom. The van der Waals surface area contributed by atoms with Crippen LogP contribution in [0.2, 0.25) is 0 Å². The van der Waals surface area contributed by atoms with Gasteiger partial charge in [0.2, 0.25) is 0 Å². The summed E-state index contributed by atoms with van der Waals surface area (Å²) >= 11 is 0. The van der Waals surface area contributed by atoms with Gasteiger partial charge in [-0.3, -0.25) is 9.59 Å². The maximum atomic E-state index is 12.1. The summed E-state index contributed by atoms with van der Waals surface area (Å²) in [6, 6.07) is 12.5. The van der Waals surface area contributed by atoms with Crippen molar-refractivity contribution in [1.29, 1.82) is 0 Å². The fourth-order valence-electron chi connectivity index (χ4n) is 2.55. The molecule has 0 aliphatic carbocycles. The molecular formula is C21H25NO6. The van der Waals surface area contributed by atoms with E-state index in [1.807, 2.05) is 31.2 Å². The summed E-state index contributed by atoms with van der Waals surface area (Å²) in [6.07, 6.45) is 0.631. The lowest BCUT2D eigenvalue weighted by molar-refractivity contribution is -0.147. The summed E-state index contributed by atoms with van der Waals surface area (Å²) in [4.78, 5) is 24.0. The van der Waals surface area contributed by atoms with Gasteiger partial charge in [-0.25, -0.2) is 0 Å². The minimum Gasteiger partial charge on any atom is -0.497 e. The molecule has 0 atom stereocenters. The number of hydrogen-bond donors (Lipinski definition) is 1. The van der Waals surface area contributed by atoms with Gasteiger partial charge >= 0.3 is 5.97 Å². The summed E-state index contributed by atoms with van der Waals surface area (Å²) in [7, 11) is 3.03. The van der Waals surface area contributed by atoms with Crippen LogP contribution in [0, 0.1) is 0 Å². The second-order valence-electron chi connectivity index (χ2n) is 5.82. The van der Waals surface area contributed by atoms with Crippen LogP contribution in [0.4, 0.5) is 5.69 Å². The largest absolute Gasteiger partial charge is 0.497 e. The molecule has 0 saturated heterocycles. The highest BCUT2D eigenvalue weighted by Crippen LogP contribution is 2.28. The Labute approximate surface area is 164 Å². The summed E-state index contributed by atoms with van der Waals surface area (Å²) < 4.78 is 20.9. The number of para-hydroxylation sites is 1. The van der Waals surface area contributed by atoms with Gasteiger partial charge < -0.3 is 24.3 Å². The maximum Gasteiger partial charge on any atom is 0.306 e. The molecule has 28 heavy (non-hydrogen) atoms. The molecule has 150 valence electrons. The van der Waals surface area contributed by atoms with Crippen LogP contribution in [0.3, 0.4) is 0 Å². The van der Waals surface area contributed by atoms with Crippen LogP contribution >= 0.6 is 0 Å². The number of methoxy groups -OCH3 is 2. The first-order valence-electron chi connectivity index (χ1n) is 8.95. The minimum absolute atomic E-state index is 0.156. The van der Waals surface area contributed by atoms with Gasteiger partial charge in [0.15, 0.2) is 6.61 Å². The van der Waals surface area contributed by atoms with Gasteiger partial charge in [-0.2, -0.15) is 0 Å². The van der Waals surface area contributed by atoms with Gasteiger partial charge in [-0.1, -0.05) is 18.2 Å². The fraction of sp³-hybridized carbons (Fsp3) is 0.333. The molecule has 0 unspecified atom stereocenters. The van der Waals surface area contributed by atoms with Crippen LogP contribution < -0.4 is 19.5 Å². The van der Waals surface area contributed by atoms with E-state index in [1.54, 1.807) is 25.3 Å². The standard InChI is InChI=1S/C21H25NO6/c1-4-27-18-8-6-5-7-15(18)9-12-21(24)28-14-20(23)22-17-11-10-16(25-2)13-19(17)26-3/h5-8,10-11,13H,4,9,12,14H2,1-3H3,(H,22,23). The SMILES string of the molecule is CCOc1ccccc1CCC(=O)OCC(=O)Nc1ccc(OC)cc1OC. The number of amides is 1. The highest BCUT2D eigenvalue weighted by Gasteiger charge is 2.12. The monoisotopic (exact) mass is 387 g/mol. The van der Waals surface area contributed by atoms with Crippen LogP contribution in [-0.4, -0.2) is 39.3 Å². The number of benzene rings is 2.